The molecule has 3 aromatic rings. The number of amides is 1. The summed E-state index contributed by atoms with van der Waals surface area (Å²) in [6.07, 6.45) is 7.47. The second kappa shape index (κ2) is 11.9. The van der Waals surface area contributed by atoms with E-state index in [4.69, 9.17) is 21.7 Å². The van der Waals surface area contributed by atoms with Crippen molar-refractivity contribution in [2.45, 2.75) is 46.5 Å². The molecule has 1 aromatic carbocycles. The fraction of sp³-hybridized carbons (Fsp3) is 0.357. The van der Waals surface area contributed by atoms with Crippen molar-refractivity contribution in [3.63, 3.8) is 0 Å². The molecule has 0 N–H and O–H groups in total. The van der Waals surface area contributed by atoms with Crippen LogP contribution >= 0.6 is 24.0 Å². The molecule has 4 rings (SSSR count). The zero-order valence-electron chi connectivity index (χ0n) is 21.5. The van der Waals surface area contributed by atoms with E-state index in [0.29, 0.717) is 38.8 Å². The van der Waals surface area contributed by atoms with Crippen LogP contribution in [-0.4, -0.2) is 38.2 Å². The number of nitrogens with zero attached hydrogens (tertiary/aromatic N) is 3. The van der Waals surface area contributed by atoms with Gasteiger partial charge in [0.15, 0.2) is 11.5 Å². The molecule has 0 aliphatic carbocycles. The number of pyridine rings is 1. The SMILES string of the molecule is CCCCC(CC)CN1C(=O)/C(=C\c2c(Oc3ccccc3OC)nc3c(C)cccn3c2=O)SC1=S. The zero-order valence-corrected chi connectivity index (χ0v) is 23.2. The number of thioether (sulfide) groups is 1. The van der Waals surface area contributed by atoms with Crippen molar-refractivity contribution in [3.8, 4) is 17.4 Å². The molecular weight excluding hydrogens is 506 g/mol. The molecule has 37 heavy (non-hydrogen) atoms. The summed E-state index contributed by atoms with van der Waals surface area (Å²) in [4.78, 5) is 33.8. The van der Waals surface area contributed by atoms with Gasteiger partial charge in [-0.05, 0) is 49.1 Å². The molecule has 0 radical (unpaired) electrons. The van der Waals surface area contributed by atoms with Crippen LogP contribution in [0.5, 0.6) is 17.4 Å². The van der Waals surface area contributed by atoms with Gasteiger partial charge in [-0.3, -0.25) is 18.9 Å². The molecule has 1 fully saturated rings. The third-order valence-electron chi connectivity index (χ3n) is 6.46. The number of methoxy groups -OCH3 is 1. The van der Waals surface area contributed by atoms with Crippen LogP contribution in [0.2, 0.25) is 0 Å². The fourth-order valence-electron chi connectivity index (χ4n) is 4.26. The van der Waals surface area contributed by atoms with E-state index in [1.54, 1.807) is 42.5 Å². The summed E-state index contributed by atoms with van der Waals surface area (Å²) in [5, 5.41) is 0. The first-order chi connectivity index (χ1) is 17.9. The van der Waals surface area contributed by atoms with Gasteiger partial charge in [0, 0.05) is 12.7 Å². The molecule has 3 heterocycles. The van der Waals surface area contributed by atoms with Gasteiger partial charge in [-0.2, -0.15) is 4.98 Å². The number of fused-ring (bicyclic) bond motifs is 1. The smallest absolute Gasteiger partial charge is 0.269 e. The molecule has 7 nitrogen and oxygen atoms in total. The maximum Gasteiger partial charge on any atom is 0.269 e. The van der Waals surface area contributed by atoms with E-state index < -0.39 is 0 Å². The van der Waals surface area contributed by atoms with Gasteiger partial charge in [-0.25, -0.2) is 0 Å². The van der Waals surface area contributed by atoms with E-state index >= 15 is 0 Å². The van der Waals surface area contributed by atoms with Crippen molar-refractivity contribution in [2.24, 2.45) is 5.92 Å². The second-order valence-corrected chi connectivity index (χ2v) is 10.7. The molecule has 1 amide bonds. The van der Waals surface area contributed by atoms with Gasteiger partial charge in [-0.15, -0.1) is 0 Å². The molecular formula is C28H31N3O4S2. The lowest BCUT2D eigenvalue weighted by Crippen LogP contribution is -2.33. The number of carbonyl (C=O) groups is 1. The molecule has 1 aliphatic rings. The van der Waals surface area contributed by atoms with E-state index in [1.807, 2.05) is 25.1 Å². The number of ether oxygens (including phenoxy) is 2. The lowest BCUT2D eigenvalue weighted by atomic mass is 9.99. The predicted molar refractivity (Wildman–Crippen MR) is 152 cm³/mol. The minimum absolute atomic E-state index is 0.100. The molecule has 9 heteroatoms. The largest absolute Gasteiger partial charge is 0.493 e. The number of hydrogen-bond donors (Lipinski definition) is 0. The first-order valence-electron chi connectivity index (χ1n) is 12.5. The maximum atomic E-state index is 13.6. The second-order valence-electron chi connectivity index (χ2n) is 8.98. The molecule has 194 valence electrons. The summed E-state index contributed by atoms with van der Waals surface area (Å²) in [6, 6.07) is 10.8. The molecule has 1 unspecified atom stereocenters. The molecule has 0 saturated carbocycles. The average Bonchev–Trinajstić information content (AvgIpc) is 3.16. The Labute approximate surface area is 226 Å². The average molecular weight is 538 g/mol. The van der Waals surface area contributed by atoms with Crippen molar-refractivity contribution < 1.29 is 14.3 Å². The van der Waals surface area contributed by atoms with Crippen molar-refractivity contribution in [1.29, 1.82) is 0 Å². The van der Waals surface area contributed by atoms with Crippen LogP contribution in [0, 0.1) is 12.8 Å². The Hall–Kier alpha value is -3.17. The lowest BCUT2D eigenvalue weighted by Gasteiger charge is -2.21. The van der Waals surface area contributed by atoms with E-state index in [0.717, 1.165) is 31.2 Å². The highest BCUT2D eigenvalue weighted by molar-refractivity contribution is 8.26. The van der Waals surface area contributed by atoms with E-state index in [9.17, 15) is 9.59 Å². The third-order valence-corrected chi connectivity index (χ3v) is 7.84. The van der Waals surface area contributed by atoms with Crippen molar-refractivity contribution in [2.75, 3.05) is 13.7 Å². The summed E-state index contributed by atoms with van der Waals surface area (Å²) in [6.45, 7) is 6.76. The Morgan fingerprint density at radius 2 is 1.89 bits per heavy atom. The number of hydrogen-bond acceptors (Lipinski definition) is 7. The molecule has 0 spiro atoms. The van der Waals surface area contributed by atoms with E-state index in [2.05, 4.69) is 18.8 Å². The summed E-state index contributed by atoms with van der Waals surface area (Å²) >= 11 is 6.77. The summed E-state index contributed by atoms with van der Waals surface area (Å²) < 4.78 is 13.5. The molecule has 1 saturated heterocycles. The number of thiocarbonyl (C=S) groups is 1. The number of unbranched alkanes of at least 4 members (excludes halogenated alkanes) is 1. The molecule has 2 aromatic heterocycles. The van der Waals surface area contributed by atoms with Crippen molar-refractivity contribution >= 4 is 45.9 Å². The topological polar surface area (TPSA) is 73.1 Å². The van der Waals surface area contributed by atoms with Gasteiger partial charge < -0.3 is 9.47 Å². The minimum atomic E-state index is -0.335. The zero-order chi connectivity index (χ0) is 26.5. The Morgan fingerprint density at radius 1 is 1.14 bits per heavy atom. The minimum Gasteiger partial charge on any atom is -0.493 e. The van der Waals surface area contributed by atoms with Gasteiger partial charge >= 0.3 is 0 Å². The number of carbonyl (C=O) groups excluding carboxylic acids is 1. The highest BCUT2D eigenvalue weighted by Gasteiger charge is 2.34. The van der Waals surface area contributed by atoms with Crippen LogP contribution in [0.3, 0.4) is 0 Å². The molecule has 0 bridgehead atoms. The van der Waals surface area contributed by atoms with E-state index in [-0.39, 0.29) is 22.9 Å². The first kappa shape index (κ1) is 26.9. The Bertz CT molecular complexity index is 1420. The van der Waals surface area contributed by atoms with E-state index in [1.165, 1.54) is 16.2 Å². The monoisotopic (exact) mass is 537 g/mol. The fourth-order valence-corrected chi connectivity index (χ4v) is 5.52. The number of rotatable bonds is 10. The van der Waals surface area contributed by atoms with Crippen molar-refractivity contribution in [3.05, 3.63) is 69.0 Å². The van der Waals surface area contributed by atoms with Gasteiger partial charge in [0.05, 0.1) is 12.0 Å². The summed E-state index contributed by atoms with van der Waals surface area (Å²) in [7, 11) is 1.55. The van der Waals surface area contributed by atoms with Crippen LogP contribution < -0.4 is 15.0 Å². The highest BCUT2D eigenvalue weighted by Crippen LogP contribution is 2.36. The lowest BCUT2D eigenvalue weighted by molar-refractivity contribution is -0.122. The first-order valence-corrected chi connectivity index (χ1v) is 13.7. The third kappa shape index (κ3) is 5.72. The van der Waals surface area contributed by atoms with Gasteiger partial charge in [0.25, 0.3) is 11.5 Å². The van der Waals surface area contributed by atoms with Gasteiger partial charge in [0.1, 0.15) is 15.5 Å². The van der Waals surface area contributed by atoms with Gasteiger partial charge in [0.2, 0.25) is 5.88 Å². The molecule has 1 atom stereocenters. The van der Waals surface area contributed by atoms with Gasteiger partial charge in [-0.1, -0.05) is 75.3 Å². The Balaban J connectivity index is 1.77. The number of para-hydroxylation sites is 2. The van der Waals surface area contributed by atoms with Crippen LogP contribution in [0.4, 0.5) is 0 Å². The van der Waals surface area contributed by atoms with Crippen LogP contribution in [-0.2, 0) is 4.79 Å². The normalized spacial score (nSPS) is 15.6. The quantitative estimate of drug-likeness (QED) is 0.224. The predicted octanol–water partition coefficient (Wildman–Crippen LogP) is 6.22. The Kier molecular flexibility index (Phi) is 8.66. The number of aryl methyl sites for hydroxylation is 1. The van der Waals surface area contributed by atoms with Crippen molar-refractivity contribution in [1.82, 2.24) is 14.3 Å². The summed E-state index contributed by atoms with van der Waals surface area (Å²) in [5.74, 6) is 1.20. The van der Waals surface area contributed by atoms with Crippen LogP contribution in [0.1, 0.15) is 50.7 Å². The highest BCUT2D eigenvalue weighted by atomic mass is 32.2. The Morgan fingerprint density at radius 3 is 2.59 bits per heavy atom. The van der Waals surface area contributed by atoms with Crippen LogP contribution in [0.15, 0.2) is 52.3 Å². The maximum absolute atomic E-state index is 13.6. The number of benzene rings is 1. The standard InChI is InChI=1S/C28H31N3O4S2/c1-5-7-12-19(6-2)17-31-27(33)23(37-28(31)36)16-20-25(35-22-14-9-8-13-21(22)34-4)29-24-18(3)11-10-15-30(24)26(20)32/h8-11,13-16,19H,5-7,12,17H2,1-4H3/b23-16+. The summed E-state index contributed by atoms with van der Waals surface area (Å²) in [5.41, 5.74) is 1.13. The number of aromatic nitrogens is 2. The van der Waals surface area contributed by atoms with Crippen LogP contribution in [0.25, 0.3) is 11.7 Å². The molecule has 1 aliphatic heterocycles.